The van der Waals surface area contributed by atoms with Crippen molar-refractivity contribution in [2.45, 2.75) is 13.0 Å². The summed E-state index contributed by atoms with van der Waals surface area (Å²) in [5.74, 6) is 0. The van der Waals surface area contributed by atoms with Crippen molar-refractivity contribution in [2.75, 3.05) is 44.7 Å². The third-order valence-corrected chi connectivity index (χ3v) is 4.72. The minimum Gasteiger partial charge on any atom is -0.379 e. The molecule has 140 valence electrons. The highest BCUT2D eigenvalue weighted by Crippen LogP contribution is 2.11. The summed E-state index contributed by atoms with van der Waals surface area (Å²) in [4.78, 5) is 17.1. The van der Waals surface area contributed by atoms with Crippen molar-refractivity contribution in [2.24, 2.45) is 7.05 Å². The lowest BCUT2D eigenvalue weighted by Gasteiger charge is -2.28. The third-order valence-electron chi connectivity index (χ3n) is 4.72. The number of urea groups is 1. The van der Waals surface area contributed by atoms with Crippen LogP contribution in [0.4, 0.5) is 10.5 Å². The molecule has 1 aromatic carbocycles. The van der Waals surface area contributed by atoms with Gasteiger partial charge in [-0.05, 0) is 30.7 Å². The van der Waals surface area contributed by atoms with E-state index in [0.717, 1.165) is 57.2 Å². The van der Waals surface area contributed by atoms with Crippen LogP contribution in [0.1, 0.15) is 12.1 Å². The Kier molecular flexibility index (Phi) is 6.68. The van der Waals surface area contributed by atoms with Crippen molar-refractivity contribution in [3.63, 3.8) is 0 Å². The zero-order chi connectivity index (χ0) is 18.2. The Balaban J connectivity index is 1.58. The lowest BCUT2D eigenvalue weighted by molar-refractivity contribution is 0.0365. The van der Waals surface area contributed by atoms with Gasteiger partial charge < -0.3 is 19.5 Å². The number of rotatable bonds is 7. The van der Waals surface area contributed by atoms with E-state index >= 15 is 0 Å². The summed E-state index contributed by atoms with van der Waals surface area (Å²) in [7, 11) is 2.01. The molecule has 2 heterocycles. The summed E-state index contributed by atoms with van der Waals surface area (Å²) < 4.78 is 7.46. The molecule has 0 aliphatic carbocycles. The standard InChI is InChI=1S/C20H28N4O2/c1-22-10-5-9-19(22)17-24(12-6-11-23-13-15-26-16-14-23)20(25)21-18-7-3-2-4-8-18/h2-5,7-10H,6,11-17H2,1H3,(H,21,25). The van der Waals surface area contributed by atoms with Gasteiger partial charge in [0.05, 0.1) is 19.8 Å². The lowest BCUT2D eigenvalue weighted by atomic mass is 10.3. The van der Waals surface area contributed by atoms with E-state index in [2.05, 4.69) is 20.9 Å². The Morgan fingerprint density at radius 1 is 1.15 bits per heavy atom. The van der Waals surface area contributed by atoms with Crippen LogP contribution in [0.3, 0.4) is 0 Å². The molecule has 6 heteroatoms. The summed E-state index contributed by atoms with van der Waals surface area (Å²) in [6.07, 6.45) is 2.96. The van der Waals surface area contributed by atoms with Gasteiger partial charge in [0.2, 0.25) is 0 Å². The third kappa shape index (κ3) is 5.34. The fraction of sp³-hybridized carbons (Fsp3) is 0.450. The summed E-state index contributed by atoms with van der Waals surface area (Å²) in [5, 5.41) is 3.01. The summed E-state index contributed by atoms with van der Waals surface area (Å²) in [6, 6.07) is 13.6. The molecule has 0 bridgehead atoms. The van der Waals surface area contributed by atoms with E-state index < -0.39 is 0 Å². The molecule has 1 fully saturated rings. The minimum atomic E-state index is -0.0561. The first-order valence-corrected chi connectivity index (χ1v) is 9.23. The van der Waals surface area contributed by atoms with Crippen LogP contribution in [0.15, 0.2) is 48.7 Å². The number of hydrogen-bond donors (Lipinski definition) is 1. The van der Waals surface area contributed by atoms with E-state index in [1.807, 2.05) is 54.5 Å². The molecule has 26 heavy (non-hydrogen) atoms. The van der Waals surface area contributed by atoms with Gasteiger partial charge in [0.25, 0.3) is 0 Å². The second kappa shape index (κ2) is 9.40. The number of morpholine rings is 1. The number of amides is 2. The topological polar surface area (TPSA) is 49.7 Å². The predicted octanol–water partition coefficient (Wildman–Crippen LogP) is 2.78. The molecule has 0 spiro atoms. The monoisotopic (exact) mass is 356 g/mol. The first-order chi connectivity index (χ1) is 12.7. The number of ether oxygens (including phenoxy) is 1. The van der Waals surface area contributed by atoms with E-state index in [0.29, 0.717) is 6.54 Å². The summed E-state index contributed by atoms with van der Waals surface area (Å²) in [5.41, 5.74) is 1.95. The number of nitrogens with zero attached hydrogens (tertiary/aromatic N) is 3. The first-order valence-electron chi connectivity index (χ1n) is 9.23. The molecule has 2 amide bonds. The SMILES string of the molecule is Cn1cccc1CN(CCCN1CCOCC1)C(=O)Nc1ccccc1. The average Bonchev–Trinajstić information content (AvgIpc) is 3.07. The largest absolute Gasteiger partial charge is 0.379 e. The zero-order valence-electron chi connectivity index (χ0n) is 15.4. The number of anilines is 1. The number of aryl methyl sites for hydroxylation is 1. The van der Waals surface area contributed by atoms with Gasteiger partial charge in [-0.2, -0.15) is 0 Å². The fourth-order valence-corrected chi connectivity index (χ4v) is 3.14. The molecule has 1 N–H and O–H groups in total. The normalized spacial score (nSPS) is 15.0. The van der Waals surface area contributed by atoms with Gasteiger partial charge in [-0.3, -0.25) is 4.90 Å². The van der Waals surface area contributed by atoms with Gasteiger partial charge >= 0.3 is 6.03 Å². The van der Waals surface area contributed by atoms with E-state index in [4.69, 9.17) is 4.74 Å². The number of benzene rings is 1. The van der Waals surface area contributed by atoms with E-state index in [-0.39, 0.29) is 6.03 Å². The van der Waals surface area contributed by atoms with Crippen LogP contribution in [-0.4, -0.2) is 59.8 Å². The Bertz CT molecular complexity index is 680. The number of para-hydroxylation sites is 1. The second-order valence-corrected chi connectivity index (χ2v) is 6.64. The van der Waals surface area contributed by atoms with Crippen LogP contribution >= 0.6 is 0 Å². The van der Waals surface area contributed by atoms with Crippen molar-refractivity contribution in [3.8, 4) is 0 Å². The van der Waals surface area contributed by atoms with Gasteiger partial charge in [0.1, 0.15) is 0 Å². The van der Waals surface area contributed by atoms with E-state index in [1.54, 1.807) is 0 Å². The van der Waals surface area contributed by atoms with Crippen molar-refractivity contribution in [1.29, 1.82) is 0 Å². The molecule has 0 unspecified atom stereocenters. The van der Waals surface area contributed by atoms with Crippen LogP contribution in [0, 0.1) is 0 Å². The van der Waals surface area contributed by atoms with Gasteiger partial charge in [-0.15, -0.1) is 0 Å². The maximum absolute atomic E-state index is 12.8. The van der Waals surface area contributed by atoms with Crippen LogP contribution in [0.25, 0.3) is 0 Å². The van der Waals surface area contributed by atoms with E-state index in [1.165, 1.54) is 0 Å². The number of hydrogen-bond acceptors (Lipinski definition) is 3. The van der Waals surface area contributed by atoms with Gasteiger partial charge in [-0.1, -0.05) is 18.2 Å². The molecule has 0 saturated carbocycles. The summed E-state index contributed by atoms with van der Waals surface area (Å²) in [6.45, 7) is 5.89. The fourth-order valence-electron chi connectivity index (χ4n) is 3.14. The molecule has 1 saturated heterocycles. The van der Waals surface area contributed by atoms with Crippen molar-refractivity contribution in [3.05, 3.63) is 54.4 Å². The molecular formula is C20H28N4O2. The first kappa shape index (κ1) is 18.5. The number of aromatic nitrogens is 1. The molecule has 0 radical (unpaired) electrons. The number of carbonyl (C=O) groups is 1. The number of carbonyl (C=O) groups excluding carboxylic acids is 1. The summed E-state index contributed by atoms with van der Waals surface area (Å²) >= 11 is 0. The van der Waals surface area contributed by atoms with Crippen LogP contribution in [-0.2, 0) is 18.3 Å². The van der Waals surface area contributed by atoms with Crippen LogP contribution in [0.5, 0.6) is 0 Å². The van der Waals surface area contributed by atoms with Crippen LogP contribution < -0.4 is 5.32 Å². The average molecular weight is 356 g/mol. The maximum Gasteiger partial charge on any atom is 0.322 e. The van der Waals surface area contributed by atoms with Crippen molar-refractivity contribution >= 4 is 11.7 Å². The zero-order valence-corrected chi connectivity index (χ0v) is 15.4. The molecule has 1 aromatic heterocycles. The van der Waals surface area contributed by atoms with Crippen LogP contribution in [0.2, 0.25) is 0 Å². The van der Waals surface area contributed by atoms with Gasteiger partial charge in [0.15, 0.2) is 0 Å². The molecule has 1 aliphatic heterocycles. The minimum absolute atomic E-state index is 0.0561. The molecular weight excluding hydrogens is 328 g/mol. The smallest absolute Gasteiger partial charge is 0.322 e. The molecule has 6 nitrogen and oxygen atoms in total. The highest BCUT2D eigenvalue weighted by molar-refractivity contribution is 5.89. The predicted molar refractivity (Wildman–Crippen MR) is 103 cm³/mol. The Morgan fingerprint density at radius 3 is 2.62 bits per heavy atom. The lowest BCUT2D eigenvalue weighted by Crippen LogP contribution is -2.40. The highest BCUT2D eigenvalue weighted by Gasteiger charge is 2.17. The van der Waals surface area contributed by atoms with Gasteiger partial charge in [-0.25, -0.2) is 4.79 Å². The molecule has 1 aliphatic rings. The Hall–Kier alpha value is -2.31. The Labute approximate surface area is 155 Å². The maximum atomic E-state index is 12.8. The number of nitrogens with one attached hydrogen (secondary N) is 1. The molecule has 0 atom stereocenters. The Morgan fingerprint density at radius 2 is 1.92 bits per heavy atom. The van der Waals surface area contributed by atoms with Gasteiger partial charge in [0, 0.05) is 50.8 Å². The molecule has 3 rings (SSSR count). The molecule has 2 aromatic rings. The second-order valence-electron chi connectivity index (χ2n) is 6.64. The quantitative estimate of drug-likeness (QED) is 0.830. The van der Waals surface area contributed by atoms with E-state index in [9.17, 15) is 4.79 Å². The van der Waals surface area contributed by atoms with Crippen molar-refractivity contribution in [1.82, 2.24) is 14.4 Å². The highest BCUT2D eigenvalue weighted by atomic mass is 16.5. The van der Waals surface area contributed by atoms with Crippen molar-refractivity contribution < 1.29 is 9.53 Å².